The van der Waals surface area contributed by atoms with Gasteiger partial charge in [-0.1, -0.05) is 29.3 Å². The van der Waals surface area contributed by atoms with Crippen molar-refractivity contribution in [2.45, 2.75) is 38.1 Å². The largest absolute Gasteiger partial charge is 0.435 e. The monoisotopic (exact) mass is 421 g/mol. The summed E-state index contributed by atoms with van der Waals surface area (Å²) in [4.78, 5) is 0. The van der Waals surface area contributed by atoms with Crippen LogP contribution in [0.1, 0.15) is 35.6 Å². The zero-order valence-electron chi connectivity index (χ0n) is 14.4. The highest BCUT2D eigenvalue weighted by Crippen LogP contribution is 2.36. The van der Waals surface area contributed by atoms with Crippen molar-refractivity contribution in [2.75, 3.05) is 13.1 Å². The molecule has 0 radical (unpaired) electrons. The predicted molar refractivity (Wildman–Crippen MR) is 97.9 cm³/mol. The molecule has 4 nitrogen and oxygen atoms in total. The molecule has 148 valence electrons. The minimum Gasteiger partial charge on any atom is -0.392 e. The third kappa shape index (κ3) is 4.77. The molecule has 2 atom stereocenters. The summed E-state index contributed by atoms with van der Waals surface area (Å²) in [6.07, 6.45) is -1.47. The standard InChI is InChI=1S/C18H20Cl2F3N3O/c19-15-4-3-11(6-16(15)20)14-2-1-5-24-7-12(14)8-26-9-13(10-27)17(25-26)18(21,22)23/h3-4,6,9,12,14,24,27H,1-2,5,7-8,10H2/t12-,14-/m0/s1. The summed E-state index contributed by atoms with van der Waals surface area (Å²) >= 11 is 12.2. The Morgan fingerprint density at radius 1 is 1.26 bits per heavy atom. The molecule has 1 aromatic carbocycles. The van der Waals surface area contributed by atoms with Crippen LogP contribution in [0.25, 0.3) is 0 Å². The molecule has 0 aliphatic carbocycles. The predicted octanol–water partition coefficient (Wildman–Crippen LogP) is 4.48. The second kappa shape index (κ2) is 8.39. The van der Waals surface area contributed by atoms with Gasteiger partial charge >= 0.3 is 6.18 Å². The fraction of sp³-hybridized carbons (Fsp3) is 0.500. The van der Waals surface area contributed by atoms with E-state index in [0.29, 0.717) is 23.1 Å². The van der Waals surface area contributed by atoms with E-state index in [1.54, 1.807) is 6.07 Å². The molecule has 3 rings (SSSR count). The van der Waals surface area contributed by atoms with Crippen molar-refractivity contribution in [1.82, 2.24) is 15.1 Å². The van der Waals surface area contributed by atoms with Crippen LogP contribution in [0.4, 0.5) is 13.2 Å². The van der Waals surface area contributed by atoms with Gasteiger partial charge in [0, 0.05) is 24.8 Å². The number of nitrogens with one attached hydrogen (secondary N) is 1. The van der Waals surface area contributed by atoms with Crippen LogP contribution in [0.15, 0.2) is 24.4 Å². The van der Waals surface area contributed by atoms with Gasteiger partial charge in [-0.2, -0.15) is 18.3 Å². The van der Waals surface area contributed by atoms with Crippen molar-refractivity contribution in [3.63, 3.8) is 0 Å². The number of aliphatic hydroxyl groups excluding tert-OH is 1. The first kappa shape index (κ1) is 20.5. The van der Waals surface area contributed by atoms with E-state index in [9.17, 15) is 18.3 Å². The Hall–Kier alpha value is -1.28. The molecule has 9 heteroatoms. The molecule has 2 N–H and O–H groups in total. The minimum absolute atomic E-state index is 0.0252. The molecule has 0 unspecified atom stereocenters. The van der Waals surface area contributed by atoms with E-state index in [2.05, 4.69) is 10.4 Å². The van der Waals surface area contributed by atoms with Crippen molar-refractivity contribution < 1.29 is 18.3 Å². The molecule has 2 aromatic rings. The third-order valence-electron chi connectivity index (χ3n) is 4.91. The highest BCUT2D eigenvalue weighted by atomic mass is 35.5. The molecule has 1 aromatic heterocycles. The number of hydrogen-bond donors (Lipinski definition) is 2. The van der Waals surface area contributed by atoms with Gasteiger partial charge in [0.2, 0.25) is 0 Å². The Morgan fingerprint density at radius 2 is 2.04 bits per heavy atom. The average Bonchev–Trinajstić information content (AvgIpc) is 2.90. The lowest BCUT2D eigenvalue weighted by molar-refractivity contribution is -0.142. The molecule has 1 saturated heterocycles. The summed E-state index contributed by atoms with van der Waals surface area (Å²) in [5, 5.41) is 17.2. The number of rotatable bonds is 4. The van der Waals surface area contributed by atoms with Crippen LogP contribution in [-0.2, 0) is 19.3 Å². The van der Waals surface area contributed by atoms with Gasteiger partial charge in [0.25, 0.3) is 0 Å². The Morgan fingerprint density at radius 3 is 2.67 bits per heavy atom. The smallest absolute Gasteiger partial charge is 0.392 e. The van der Waals surface area contributed by atoms with Gasteiger partial charge in [-0.3, -0.25) is 4.68 Å². The maximum Gasteiger partial charge on any atom is 0.435 e. The first-order valence-electron chi connectivity index (χ1n) is 8.69. The van der Waals surface area contributed by atoms with E-state index in [1.165, 1.54) is 10.9 Å². The van der Waals surface area contributed by atoms with Gasteiger partial charge < -0.3 is 10.4 Å². The van der Waals surface area contributed by atoms with Gasteiger partial charge in [0.1, 0.15) is 0 Å². The fourth-order valence-electron chi connectivity index (χ4n) is 3.64. The lowest BCUT2D eigenvalue weighted by Crippen LogP contribution is -2.28. The van der Waals surface area contributed by atoms with Gasteiger partial charge in [0.15, 0.2) is 5.69 Å². The fourth-order valence-corrected chi connectivity index (χ4v) is 3.94. The van der Waals surface area contributed by atoms with Crippen molar-refractivity contribution in [3.05, 3.63) is 51.3 Å². The number of alkyl halides is 3. The van der Waals surface area contributed by atoms with Crippen LogP contribution in [0, 0.1) is 5.92 Å². The number of halogens is 5. The van der Waals surface area contributed by atoms with Gasteiger partial charge in [-0.25, -0.2) is 0 Å². The SMILES string of the molecule is OCc1cn(C[C@@H]2CNCCC[C@H]2c2ccc(Cl)c(Cl)c2)nc1C(F)(F)F. The average molecular weight is 422 g/mol. The number of nitrogens with zero attached hydrogens (tertiary/aromatic N) is 2. The van der Waals surface area contributed by atoms with Crippen LogP contribution in [0.2, 0.25) is 10.0 Å². The van der Waals surface area contributed by atoms with E-state index in [4.69, 9.17) is 23.2 Å². The normalized spacial score (nSPS) is 21.3. The quantitative estimate of drug-likeness (QED) is 0.764. The summed E-state index contributed by atoms with van der Waals surface area (Å²) in [6.45, 7) is 1.11. The van der Waals surface area contributed by atoms with Crippen LogP contribution in [0.3, 0.4) is 0 Å². The molecular weight excluding hydrogens is 402 g/mol. The minimum atomic E-state index is -4.59. The summed E-state index contributed by atoms with van der Waals surface area (Å²) in [7, 11) is 0. The third-order valence-corrected chi connectivity index (χ3v) is 5.65. The Bertz CT molecular complexity index is 795. The van der Waals surface area contributed by atoms with Crippen molar-refractivity contribution in [2.24, 2.45) is 5.92 Å². The molecular formula is C18H20Cl2F3N3O. The molecule has 1 aliphatic rings. The van der Waals surface area contributed by atoms with Gasteiger partial charge in [0.05, 0.1) is 16.7 Å². The lowest BCUT2D eigenvalue weighted by Gasteiger charge is -2.26. The summed E-state index contributed by atoms with van der Waals surface area (Å²) in [5.74, 6) is 0.142. The van der Waals surface area contributed by atoms with Crippen LogP contribution >= 0.6 is 23.2 Å². The molecule has 2 heterocycles. The Labute approximate surface area is 165 Å². The first-order valence-corrected chi connectivity index (χ1v) is 9.45. The topological polar surface area (TPSA) is 50.1 Å². The Balaban J connectivity index is 1.88. The van der Waals surface area contributed by atoms with Gasteiger partial charge in [-0.15, -0.1) is 0 Å². The molecule has 0 spiro atoms. The van der Waals surface area contributed by atoms with Crippen molar-refractivity contribution in [1.29, 1.82) is 0 Å². The van der Waals surface area contributed by atoms with E-state index in [1.807, 2.05) is 12.1 Å². The molecule has 1 aliphatic heterocycles. The molecule has 0 amide bonds. The molecule has 0 saturated carbocycles. The Kier molecular flexibility index (Phi) is 6.35. The van der Waals surface area contributed by atoms with Crippen LogP contribution in [0.5, 0.6) is 0 Å². The zero-order chi connectivity index (χ0) is 19.6. The second-order valence-electron chi connectivity index (χ2n) is 6.77. The van der Waals surface area contributed by atoms with E-state index >= 15 is 0 Å². The number of aliphatic hydroxyl groups is 1. The number of aromatic nitrogens is 2. The van der Waals surface area contributed by atoms with Crippen molar-refractivity contribution in [3.8, 4) is 0 Å². The first-order chi connectivity index (χ1) is 12.8. The maximum atomic E-state index is 13.1. The molecule has 1 fully saturated rings. The van der Waals surface area contributed by atoms with Crippen LogP contribution < -0.4 is 5.32 Å². The van der Waals surface area contributed by atoms with Crippen molar-refractivity contribution >= 4 is 23.2 Å². The summed E-state index contributed by atoms with van der Waals surface area (Å²) < 4.78 is 40.6. The zero-order valence-corrected chi connectivity index (χ0v) is 16.0. The van der Waals surface area contributed by atoms with E-state index in [0.717, 1.165) is 24.9 Å². The van der Waals surface area contributed by atoms with Gasteiger partial charge in [-0.05, 0) is 48.9 Å². The van der Waals surface area contributed by atoms with E-state index in [-0.39, 0.29) is 17.4 Å². The van der Waals surface area contributed by atoms with Crippen LogP contribution in [-0.4, -0.2) is 28.0 Å². The molecule has 0 bridgehead atoms. The maximum absolute atomic E-state index is 13.1. The summed E-state index contributed by atoms with van der Waals surface area (Å²) in [6, 6.07) is 5.49. The number of benzene rings is 1. The highest BCUT2D eigenvalue weighted by molar-refractivity contribution is 6.42. The number of hydrogen-bond acceptors (Lipinski definition) is 3. The lowest BCUT2D eigenvalue weighted by atomic mass is 9.83. The highest BCUT2D eigenvalue weighted by Gasteiger charge is 2.37. The van der Waals surface area contributed by atoms with E-state index < -0.39 is 18.5 Å². The molecule has 27 heavy (non-hydrogen) atoms. The second-order valence-corrected chi connectivity index (χ2v) is 7.58. The summed E-state index contributed by atoms with van der Waals surface area (Å²) in [5.41, 5.74) is -0.225.